The topological polar surface area (TPSA) is 38.9 Å². The van der Waals surface area contributed by atoms with Crippen LogP contribution in [-0.2, 0) is 0 Å². The van der Waals surface area contributed by atoms with Crippen molar-refractivity contribution in [2.45, 2.75) is 25.7 Å². The van der Waals surface area contributed by atoms with E-state index in [0.717, 1.165) is 18.1 Å². The number of hydrogen-bond donors (Lipinski definition) is 1. The highest BCUT2D eigenvalue weighted by atomic mass is 19.3. The van der Waals surface area contributed by atoms with E-state index in [1.807, 2.05) is 6.92 Å². The van der Waals surface area contributed by atoms with Crippen LogP contribution in [0.5, 0.6) is 0 Å². The van der Waals surface area contributed by atoms with Crippen LogP contribution in [0.3, 0.4) is 0 Å². The zero-order valence-electron chi connectivity index (χ0n) is 8.58. The summed E-state index contributed by atoms with van der Waals surface area (Å²) in [6.07, 6.45) is 3.89. The second kappa shape index (κ2) is 5.44. The Morgan fingerprint density at radius 2 is 2.27 bits per heavy atom. The molecule has 2 nitrogen and oxygen atoms in total. The average Bonchev–Trinajstić information content (AvgIpc) is 2.16. The van der Waals surface area contributed by atoms with Crippen molar-refractivity contribution < 1.29 is 8.78 Å². The van der Waals surface area contributed by atoms with Gasteiger partial charge in [-0.1, -0.05) is 13.3 Å². The molecule has 0 aliphatic heterocycles. The number of hydrogen-bond acceptors (Lipinski definition) is 2. The zero-order chi connectivity index (χ0) is 11.3. The van der Waals surface area contributed by atoms with Crippen molar-refractivity contribution >= 4 is 5.69 Å². The van der Waals surface area contributed by atoms with E-state index < -0.39 is 6.08 Å². The lowest BCUT2D eigenvalue weighted by atomic mass is 9.96. The fraction of sp³-hybridized carbons (Fsp3) is 0.364. The van der Waals surface area contributed by atoms with Crippen LogP contribution in [0.2, 0.25) is 0 Å². The quantitative estimate of drug-likeness (QED) is 0.831. The van der Waals surface area contributed by atoms with Crippen molar-refractivity contribution in [1.82, 2.24) is 4.98 Å². The minimum Gasteiger partial charge on any atom is -0.397 e. The molecule has 0 fully saturated rings. The Morgan fingerprint density at radius 3 is 2.80 bits per heavy atom. The second-order valence-corrected chi connectivity index (χ2v) is 3.40. The van der Waals surface area contributed by atoms with Crippen molar-refractivity contribution in [3.8, 4) is 0 Å². The lowest BCUT2D eigenvalue weighted by Gasteiger charge is -2.11. The molecule has 0 spiro atoms. The second-order valence-electron chi connectivity index (χ2n) is 3.40. The van der Waals surface area contributed by atoms with Crippen LogP contribution in [0.1, 0.15) is 31.2 Å². The molecule has 0 aromatic carbocycles. The summed E-state index contributed by atoms with van der Waals surface area (Å²) < 4.78 is 24.4. The molecule has 15 heavy (non-hydrogen) atoms. The number of rotatable bonds is 4. The number of halogens is 2. The fourth-order valence-electron chi connectivity index (χ4n) is 1.49. The molecule has 1 heterocycles. The molecule has 0 amide bonds. The highest BCUT2D eigenvalue weighted by molar-refractivity contribution is 5.39. The SMILES string of the molecule is CCC[C@H](C=C(F)F)c1cncc(N)c1. The minimum absolute atomic E-state index is 0.295. The maximum absolute atomic E-state index is 12.2. The maximum atomic E-state index is 12.2. The number of nitrogens with zero attached hydrogens (tertiary/aromatic N) is 1. The van der Waals surface area contributed by atoms with Crippen LogP contribution in [0.25, 0.3) is 0 Å². The van der Waals surface area contributed by atoms with Gasteiger partial charge in [-0.15, -0.1) is 0 Å². The van der Waals surface area contributed by atoms with Crippen LogP contribution < -0.4 is 5.73 Å². The van der Waals surface area contributed by atoms with Crippen LogP contribution in [0.15, 0.2) is 30.6 Å². The standard InChI is InChI=1S/C11H14F2N2/c1-2-3-8(5-11(12)13)9-4-10(14)7-15-6-9/h4-8H,2-3,14H2,1H3/t8-/m1/s1. The van der Waals surface area contributed by atoms with E-state index in [-0.39, 0.29) is 5.92 Å². The first-order valence-electron chi connectivity index (χ1n) is 4.86. The number of allylic oxidation sites excluding steroid dienone is 1. The molecule has 0 aliphatic carbocycles. The molecule has 0 bridgehead atoms. The molecule has 0 saturated carbocycles. The van der Waals surface area contributed by atoms with E-state index in [0.29, 0.717) is 12.1 Å². The monoisotopic (exact) mass is 212 g/mol. The van der Waals surface area contributed by atoms with Gasteiger partial charge >= 0.3 is 0 Å². The van der Waals surface area contributed by atoms with E-state index in [2.05, 4.69) is 4.98 Å². The Hall–Kier alpha value is -1.45. The Morgan fingerprint density at radius 1 is 1.53 bits per heavy atom. The van der Waals surface area contributed by atoms with E-state index >= 15 is 0 Å². The summed E-state index contributed by atoms with van der Waals surface area (Å²) in [5.74, 6) is -0.295. The van der Waals surface area contributed by atoms with Gasteiger partial charge in [-0.25, -0.2) is 0 Å². The molecule has 1 aromatic rings. The number of aromatic nitrogens is 1. The Bertz CT molecular complexity index is 346. The van der Waals surface area contributed by atoms with E-state index in [1.165, 1.54) is 6.20 Å². The minimum atomic E-state index is -1.66. The largest absolute Gasteiger partial charge is 0.397 e. The van der Waals surface area contributed by atoms with Crippen LogP contribution in [0, 0.1) is 0 Å². The predicted molar refractivity (Wildman–Crippen MR) is 56.6 cm³/mol. The lowest BCUT2D eigenvalue weighted by Crippen LogP contribution is -1.98. The smallest absolute Gasteiger partial charge is 0.266 e. The van der Waals surface area contributed by atoms with E-state index in [9.17, 15) is 8.78 Å². The molecule has 0 aliphatic rings. The molecule has 0 radical (unpaired) electrons. The van der Waals surface area contributed by atoms with Crippen LogP contribution >= 0.6 is 0 Å². The Labute approximate surface area is 87.8 Å². The number of pyridine rings is 1. The first kappa shape index (κ1) is 11.6. The summed E-state index contributed by atoms with van der Waals surface area (Å²) in [5.41, 5.74) is 6.79. The molecule has 1 aromatic heterocycles. The van der Waals surface area contributed by atoms with Crippen molar-refractivity contribution in [2.75, 3.05) is 5.73 Å². The maximum Gasteiger partial charge on any atom is 0.266 e. The normalized spacial score (nSPS) is 12.2. The van der Waals surface area contributed by atoms with E-state index in [4.69, 9.17) is 5.73 Å². The number of anilines is 1. The summed E-state index contributed by atoms with van der Waals surface area (Å²) >= 11 is 0. The molecule has 1 atom stereocenters. The van der Waals surface area contributed by atoms with E-state index in [1.54, 1.807) is 12.3 Å². The van der Waals surface area contributed by atoms with Gasteiger partial charge in [0.1, 0.15) is 0 Å². The Balaban J connectivity index is 2.93. The molecule has 2 N–H and O–H groups in total. The first-order chi connectivity index (χ1) is 7.13. The number of nitrogen functional groups attached to an aromatic ring is 1. The first-order valence-corrected chi connectivity index (χ1v) is 4.86. The highest BCUT2D eigenvalue weighted by Crippen LogP contribution is 2.25. The fourth-order valence-corrected chi connectivity index (χ4v) is 1.49. The predicted octanol–water partition coefficient (Wildman–Crippen LogP) is 3.33. The van der Waals surface area contributed by atoms with Gasteiger partial charge in [0.05, 0.1) is 5.69 Å². The summed E-state index contributed by atoms with van der Waals surface area (Å²) in [4.78, 5) is 3.90. The third-order valence-corrected chi connectivity index (χ3v) is 2.14. The molecular weight excluding hydrogens is 198 g/mol. The molecule has 1 rings (SSSR count). The van der Waals surface area contributed by atoms with Crippen molar-refractivity contribution in [3.05, 3.63) is 36.2 Å². The van der Waals surface area contributed by atoms with Gasteiger partial charge in [0.15, 0.2) is 0 Å². The summed E-state index contributed by atoms with van der Waals surface area (Å²) in [6.45, 7) is 1.96. The van der Waals surface area contributed by atoms with Gasteiger partial charge in [-0.05, 0) is 24.1 Å². The van der Waals surface area contributed by atoms with Crippen molar-refractivity contribution in [1.29, 1.82) is 0 Å². The Kier molecular flexibility index (Phi) is 4.21. The van der Waals surface area contributed by atoms with Gasteiger partial charge in [0, 0.05) is 18.3 Å². The van der Waals surface area contributed by atoms with Crippen molar-refractivity contribution in [3.63, 3.8) is 0 Å². The van der Waals surface area contributed by atoms with Crippen molar-refractivity contribution in [2.24, 2.45) is 0 Å². The molecule has 0 unspecified atom stereocenters. The molecular formula is C11H14F2N2. The summed E-state index contributed by atoms with van der Waals surface area (Å²) in [5, 5.41) is 0. The van der Waals surface area contributed by atoms with Crippen LogP contribution in [0.4, 0.5) is 14.5 Å². The van der Waals surface area contributed by atoms with Gasteiger partial charge in [-0.3, -0.25) is 4.98 Å². The van der Waals surface area contributed by atoms with Gasteiger partial charge < -0.3 is 5.73 Å². The highest BCUT2D eigenvalue weighted by Gasteiger charge is 2.10. The molecule has 4 heteroatoms. The van der Waals surface area contributed by atoms with Gasteiger partial charge in [-0.2, -0.15) is 8.78 Å². The summed E-state index contributed by atoms with van der Waals surface area (Å²) in [7, 11) is 0. The third kappa shape index (κ3) is 3.65. The number of nitrogens with two attached hydrogens (primary N) is 1. The lowest BCUT2D eigenvalue weighted by molar-refractivity contribution is 0.413. The van der Waals surface area contributed by atoms with Gasteiger partial charge in [0.2, 0.25) is 0 Å². The molecule has 82 valence electrons. The third-order valence-electron chi connectivity index (χ3n) is 2.14. The summed E-state index contributed by atoms with van der Waals surface area (Å²) in [6, 6.07) is 1.69. The average molecular weight is 212 g/mol. The zero-order valence-corrected chi connectivity index (χ0v) is 8.58. The molecule has 0 saturated heterocycles. The van der Waals surface area contributed by atoms with Crippen LogP contribution in [-0.4, -0.2) is 4.98 Å². The van der Waals surface area contributed by atoms with Gasteiger partial charge in [0.25, 0.3) is 6.08 Å².